The normalized spacial score (nSPS) is 11.3. The zero-order chi connectivity index (χ0) is 15.8. The quantitative estimate of drug-likeness (QED) is 0.708. The van der Waals surface area contributed by atoms with Crippen molar-refractivity contribution < 1.29 is 9.90 Å². The average Bonchev–Trinajstić information content (AvgIpc) is 2.47. The summed E-state index contributed by atoms with van der Waals surface area (Å²) in [4.78, 5) is 12.8. The molecule has 1 N–H and O–H groups in total. The van der Waals surface area contributed by atoms with E-state index in [-0.39, 0.29) is 0 Å². The minimum absolute atomic E-state index is 0.660. The standard InChI is InChI=1S/C17H24ClNO2/c1-4-13(5-2)12-19(6-3)16-9-7-14(11-15(16)18)8-10-17(20)21/h7-11,13H,4-6,12H2,1-3H3,(H,20,21)/b10-8+. The Labute approximate surface area is 132 Å². The molecule has 116 valence electrons. The Bertz CT molecular complexity index is 496. The van der Waals surface area contributed by atoms with Crippen molar-refractivity contribution in [3.63, 3.8) is 0 Å². The largest absolute Gasteiger partial charge is 0.478 e. The van der Waals surface area contributed by atoms with E-state index in [9.17, 15) is 4.79 Å². The molecule has 0 spiro atoms. The average molecular weight is 310 g/mol. The number of rotatable bonds is 8. The van der Waals surface area contributed by atoms with Gasteiger partial charge in [0.25, 0.3) is 0 Å². The van der Waals surface area contributed by atoms with Crippen LogP contribution in [0.15, 0.2) is 24.3 Å². The van der Waals surface area contributed by atoms with E-state index in [1.54, 1.807) is 6.08 Å². The third-order valence-electron chi connectivity index (χ3n) is 3.75. The van der Waals surface area contributed by atoms with Gasteiger partial charge in [-0.2, -0.15) is 0 Å². The monoisotopic (exact) mass is 309 g/mol. The molecule has 0 unspecified atom stereocenters. The van der Waals surface area contributed by atoms with Crippen molar-refractivity contribution in [1.29, 1.82) is 0 Å². The topological polar surface area (TPSA) is 40.5 Å². The molecule has 0 aliphatic heterocycles. The highest BCUT2D eigenvalue weighted by atomic mass is 35.5. The first-order valence-electron chi connectivity index (χ1n) is 7.47. The van der Waals surface area contributed by atoms with Gasteiger partial charge < -0.3 is 10.0 Å². The number of benzene rings is 1. The van der Waals surface area contributed by atoms with Crippen LogP contribution in [0.4, 0.5) is 5.69 Å². The molecule has 21 heavy (non-hydrogen) atoms. The molecule has 0 amide bonds. The van der Waals surface area contributed by atoms with E-state index in [1.807, 2.05) is 18.2 Å². The summed E-state index contributed by atoms with van der Waals surface area (Å²) >= 11 is 6.37. The van der Waals surface area contributed by atoms with Crippen LogP contribution < -0.4 is 4.90 Å². The van der Waals surface area contributed by atoms with E-state index < -0.39 is 5.97 Å². The Kier molecular flexibility index (Phi) is 7.30. The van der Waals surface area contributed by atoms with Crippen LogP contribution in [0, 0.1) is 5.92 Å². The lowest BCUT2D eigenvalue weighted by atomic mass is 10.0. The Hall–Kier alpha value is -1.48. The molecule has 0 radical (unpaired) electrons. The highest BCUT2D eigenvalue weighted by Gasteiger charge is 2.13. The van der Waals surface area contributed by atoms with Gasteiger partial charge in [-0.25, -0.2) is 4.79 Å². The first kappa shape index (κ1) is 17.6. The maximum atomic E-state index is 10.5. The van der Waals surface area contributed by atoms with Crippen LogP contribution in [0.25, 0.3) is 6.08 Å². The van der Waals surface area contributed by atoms with Crippen LogP contribution in [-0.2, 0) is 4.79 Å². The van der Waals surface area contributed by atoms with Crippen molar-refractivity contribution in [2.24, 2.45) is 5.92 Å². The van der Waals surface area contributed by atoms with Gasteiger partial charge in [0.05, 0.1) is 10.7 Å². The number of nitrogens with zero attached hydrogens (tertiary/aromatic N) is 1. The summed E-state index contributed by atoms with van der Waals surface area (Å²) in [5, 5.41) is 9.31. The summed E-state index contributed by atoms with van der Waals surface area (Å²) in [6, 6.07) is 5.68. The van der Waals surface area contributed by atoms with E-state index in [4.69, 9.17) is 16.7 Å². The smallest absolute Gasteiger partial charge is 0.328 e. The molecular formula is C17H24ClNO2. The highest BCUT2D eigenvalue weighted by Crippen LogP contribution is 2.28. The van der Waals surface area contributed by atoms with Crippen molar-refractivity contribution >= 4 is 29.3 Å². The molecule has 0 aromatic heterocycles. The summed E-state index contributed by atoms with van der Waals surface area (Å²) in [5.41, 5.74) is 1.81. The molecule has 0 saturated heterocycles. The van der Waals surface area contributed by atoms with Gasteiger partial charge in [0.2, 0.25) is 0 Å². The van der Waals surface area contributed by atoms with Crippen LogP contribution >= 0.6 is 11.6 Å². The van der Waals surface area contributed by atoms with Crippen LogP contribution in [0.1, 0.15) is 39.2 Å². The fraction of sp³-hybridized carbons (Fsp3) is 0.471. The number of carboxylic acids is 1. The second-order valence-corrected chi connectivity index (χ2v) is 5.51. The molecule has 4 heteroatoms. The fourth-order valence-electron chi connectivity index (χ4n) is 2.31. The minimum atomic E-state index is -0.959. The van der Waals surface area contributed by atoms with Gasteiger partial charge in [0.15, 0.2) is 0 Å². The van der Waals surface area contributed by atoms with Crippen molar-refractivity contribution in [2.75, 3.05) is 18.0 Å². The van der Waals surface area contributed by atoms with Gasteiger partial charge in [-0.1, -0.05) is 44.4 Å². The van der Waals surface area contributed by atoms with E-state index >= 15 is 0 Å². The second kappa shape index (κ2) is 8.73. The van der Waals surface area contributed by atoms with Gasteiger partial charge in [-0.15, -0.1) is 0 Å². The molecule has 0 aliphatic carbocycles. The number of carboxylic acid groups (broad SMARTS) is 1. The first-order chi connectivity index (χ1) is 10.0. The molecule has 0 saturated carbocycles. The van der Waals surface area contributed by atoms with E-state index in [0.717, 1.165) is 43.3 Å². The predicted octanol–water partition coefficient (Wildman–Crippen LogP) is 4.70. The van der Waals surface area contributed by atoms with Gasteiger partial charge in [-0.3, -0.25) is 0 Å². The van der Waals surface area contributed by atoms with E-state index in [2.05, 4.69) is 25.7 Å². The summed E-state index contributed by atoms with van der Waals surface area (Å²) < 4.78 is 0. The predicted molar refractivity (Wildman–Crippen MR) is 90.1 cm³/mol. The first-order valence-corrected chi connectivity index (χ1v) is 7.85. The van der Waals surface area contributed by atoms with E-state index in [0.29, 0.717) is 10.9 Å². The fourth-order valence-corrected chi connectivity index (χ4v) is 2.62. The summed E-state index contributed by atoms with van der Waals surface area (Å²) in [6.45, 7) is 8.44. The minimum Gasteiger partial charge on any atom is -0.478 e. The Morgan fingerprint density at radius 1 is 1.33 bits per heavy atom. The van der Waals surface area contributed by atoms with Crippen molar-refractivity contribution in [1.82, 2.24) is 0 Å². The van der Waals surface area contributed by atoms with Gasteiger partial charge in [0.1, 0.15) is 0 Å². The Balaban J connectivity index is 2.93. The van der Waals surface area contributed by atoms with Crippen LogP contribution in [0.5, 0.6) is 0 Å². The molecule has 3 nitrogen and oxygen atoms in total. The highest BCUT2D eigenvalue weighted by molar-refractivity contribution is 6.33. The van der Waals surface area contributed by atoms with Crippen LogP contribution in [0.3, 0.4) is 0 Å². The maximum Gasteiger partial charge on any atom is 0.328 e. The number of hydrogen-bond acceptors (Lipinski definition) is 2. The van der Waals surface area contributed by atoms with Gasteiger partial charge in [-0.05, 0) is 36.6 Å². The number of carbonyl (C=O) groups is 1. The van der Waals surface area contributed by atoms with Crippen LogP contribution in [0.2, 0.25) is 5.02 Å². The number of anilines is 1. The summed E-state index contributed by atoms with van der Waals surface area (Å²) in [6.07, 6.45) is 4.98. The summed E-state index contributed by atoms with van der Waals surface area (Å²) in [7, 11) is 0. The third-order valence-corrected chi connectivity index (χ3v) is 4.05. The SMILES string of the molecule is CCC(CC)CN(CC)c1ccc(/C=C/C(=O)O)cc1Cl. The lowest BCUT2D eigenvalue weighted by molar-refractivity contribution is -0.131. The molecule has 0 fully saturated rings. The van der Waals surface area contributed by atoms with Gasteiger partial charge in [0, 0.05) is 19.2 Å². The molecule has 0 aliphatic rings. The lowest BCUT2D eigenvalue weighted by Gasteiger charge is -2.28. The molecule has 1 rings (SSSR count). The zero-order valence-corrected chi connectivity index (χ0v) is 13.7. The Morgan fingerprint density at radius 2 is 2.00 bits per heavy atom. The van der Waals surface area contributed by atoms with Crippen molar-refractivity contribution in [2.45, 2.75) is 33.6 Å². The number of halogens is 1. The zero-order valence-electron chi connectivity index (χ0n) is 13.0. The number of aliphatic carboxylic acids is 1. The lowest BCUT2D eigenvalue weighted by Crippen LogP contribution is -2.29. The molecular weight excluding hydrogens is 286 g/mol. The van der Waals surface area contributed by atoms with Crippen molar-refractivity contribution in [3.8, 4) is 0 Å². The molecule has 1 aromatic rings. The molecule has 0 bridgehead atoms. The molecule has 0 atom stereocenters. The third kappa shape index (κ3) is 5.43. The molecule has 0 heterocycles. The summed E-state index contributed by atoms with van der Waals surface area (Å²) in [5.74, 6) is -0.299. The Morgan fingerprint density at radius 3 is 2.48 bits per heavy atom. The number of hydrogen-bond donors (Lipinski definition) is 1. The van der Waals surface area contributed by atoms with E-state index in [1.165, 1.54) is 0 Å². The maximum absolute atomic E-state index is 10.5. The van der Waals surface area contributed by atoms with Crippen LogP contribution in [-0.4, -0.2) is 24.2 Å². The molecule has 1 aromatic carbocycles. The van der Waals surface area contributed by atoms with Gasteiger partial charge >= 0.3 is 5.97 Å². The second-order valence-electron chi connectivity index (χ2n) is 5.10. The van der Waals surface area contributed by atoms with Crippen molar-refractivity contribution in [3.05, 3.63) is 34.9 Å².